The molecule has 0 aliphatic heterocycles. The largest absolute Gasteiger partial charge is 0.391 e. The average Bonchev–Trinajstić information content (AvgIpc) is 3.37. The molecule has 0 radical (unpaired) electrons. The highest BCUT2D eigenvalue weighted by Gasteiger charge is 2.34. The maximum atomic E-state index is 12.4. The first-order valence-electron chi connectivity index (χ1n) is 8.71. The standard InChI is InChI=1S/C19H28N2O3/c1-12(2)16(14-7-5-4-6-8-14)11-20-19(24)17(13(3)22)21-18(23)15-9-10-15/h4-8,12-13,15-17,22H,9-11H2,1-3H3,(H,20,24)(H,21,23). The predicted octanol–water partition coefficient (Wildman–Crippen LogP) is 1.82. The fourth-order valence-electron chi connectivity index (χ4n) is 2.78. The predicted molar refractivity (Wildman–Crippen MR) is 93.4 cm³/mol. The number of aliphatic hydroxyl groups excluding tert-OH is 1. The lowest BCUT2D eigenvalue weighted by Crippen LogP contribution is -2.53. The molecule has 0 aromatic heterocycles. The molecule has 1 aromatic carbocycles. The minimum absolute atomic E-state index is 0.00628. The Morgan fingerprint density at radius 2 is 1.79 bits per heavy atom. The zero-order valence-electron chi connectivity index (χ0n) is 14.7. The summed E-state index contributed by atoms with van der Waals surface area (Å²) in [6.07, 6.45) is 0.800. The summed E-state index contributed by atoms with van der Waals surface area (Å²) >= 11 is 0. The van der Waals surface area contributed by atoms with Gasteiger partial charge in [0.25, 0.3) is 0 Å². The number of hydrogen-bond acceptors (Lipinski definition) is 3. The molecule has 1 saturated carbocycles. The minimum atomic E-state index is -0.929. The van der Waals surface area contributed by atoms with Crippen LogP contribution in [-0.2, 0) is 9.59 Å². The molecule has 1 fully saturated rings. The molecule has 1 aliphatic rings. The minimum Gasteiger partial charge on any atom is -0.391 e. The van der Waals surface area contributed by atoms with Gasteiger partial charge in [-0.25, -0.2) is 0 Å². The molecule has 3 N–H and O–H groups in total. The molecule has 1 aliphatic carbocycles. The highest BCUT2D eigenvalue weighted by Crippen LogP contribution is 2.29. The van der Waals surface area contributed by atoms with Crippen LogP contribution in [0.25, 0.3) is 0 Å². The van der Waals surface area contributed by atoms with Gasteiger partial charge in [0.05, 0.1) is 6.10 Å². The van der Waals surface area contributed by atoms with Gasteiger partial charge in [-0.1, -0.05) is 44.2 Å². The normalized spacial score (nSPS) is 17.9. The van der Waals surface area contributed by atoms with Crippen LogP contribution in [0.15, 0.2) is 30.3 Å². The molecular weight excluding hydrogens is 304 g/mol. The van der Waals surface area contributed by atoms with Gasteiger partial charge in [0.2, 0.25) is 11.8 Å². The maximum Gasteiger partial charge on any atom is 0.245 e. The summed E-state index contributed by atoms with van der Waals surface area (Å²) < 4.78 is 0. The molecule has 132 valence electrons. The van der Waals surface area contributed by atoms with Crippen LogP contribution >= 0.6 is 0 Å². The summed E-state index contributed by atoms with van der Waals surface area (Å²) in [5, 5.41) is 15.4. The van der Waals surface area contributed by atoms with E-state index in [4.69, 9.17) is 0 Å². The number of rotatable bonds is 8. The number of benzene rings is 1. The first-order chi connectivity index (χ1) is 11.4. The van der Waals surface area contributed by atoms with Gasteiger partial charge in [-0.3, -0.25) is 9.59 Å². The molecule has 24 heavy (non-hydrogen) atoms. The van der Waals surface area contributed by atoms with E-state index in [0.29, 0.717) is 12.5 Å². The summed E-state index contributed by atoms with van der Waals surface area (Å²) in [5.74, 6) is 0.0783. The second-order valence-electron chi connectivity index (χ2n) is 7.01. The summed E-state index contributed by atoms with van der Waals surface area (Å²) in [6.45, 7) is 6.23. The Hall–Kier alpha value is -1.88. The topological polar surface area (TPSA) is 78.4 Å². The fraction of sp³-hybridized carbons (Fsp3) is 0.579. The third-order valence-corrected chi connectivity index (χ3v) is 4.54. The number of nitrogens with one attached hydrogen (secondary N) is 2. The molecule has 0 heterocycles. The summed E-state index contributed by atoms with van der Waals surface area (Å²) in [4.78, 5) is 24.3. The average molecular weight is 332 g/mol. The maximum absolute atomic E-state index is 12.4. The lowest BCUT2D eigenvalue weighted by atomic mass is 9.88. The molecule has 0 spiro atoms. The second-order valence-corrected chi connectivity index (χ2v) is 7.01. The summed E-state index contributed by atoms with van der Waals surface area (Å²) in [7, 11) is 0. The smallest absolute Gasteiger partial charge is 0.245 e. The van der Waals surface area contributed by atoms with E-state index in [2.05, 4.69) is 36.6 Å². The van der Waals surface area contributed by atoms with E-state index < -0.39 is 12.1 Å². The Balaban J connectivity index is 1.96. The zero-order valence-corrected chi connectivity index (χ0v) is 14.7. The molecule has 0 saturated heterocycles. The van der Waals surface area contributed by atoms with Crippen molar-refractivity contribution in [3.8, 4) is 0 Å². The monoisotopic (exact) mass is 332 g/mol. The van der Waals surface area contributed by atoms with E-state index in [-0.39, 0.29) is 23.7 Å². The third-order valence-electron chi connectivity index (χ3n) is 4.54. The van der Waals surface area contributed by atoms with E-state index in [1.54, 1.807) is 0 Å². The van der Waals surface area contributed by atoms with E-state index >= 15 is 0 Å². The molecule has 3 atom stereocenters. The Morgan fingerprint density at radius 3 is 2.29 bits per heavy atom. The van der Waals surface area contributed by atoms with Crippen LogP contribution in [0, 0.1) is 11.8 Å². The van der Waals surface area contributed by atoms with Crippen molar-refractivity contribution in [2.24, 2.45) is 11.8 Å². The van der Waals surface area contributed by atoms with Crippen LogP contribution < -0.4 is 10.6 Å². The highest BCUT2D eigenvalue weighted by molar-refractivity contribution is 5.89. The summed E-state index contributed by atoms with van der Waals surface area (Å²) in [5.41, 5.74) is 1.17. The van der Waals surface area contributed by atoms with Gasteiger partial charge in [0.1, 0.15) is 6.04 Å². The SMILES string of the molecule is CC(C)C(CNC(=O)C(NC(=O)C1CC1)C(C)O)c1ccccc1. The van der Waals surface area contributed by atoms with Gasteiger partial charge in [-0.15, -0.1) is 0 Å². The Kier molecular flexibility index (Phi) is 6.37. The lowest BCUT2D eigenvalue weighted by molar-refractivity contribution is -0.132. The molecule has 5 nitrogen and oxygen atoms in total. The Bertz CT molecular complexity index is 553. The second kappa shape index (κ2) is 8.29. The van der Waals surface area contributed by atoms with Crippen LogP contribution in [0.1, 0.15) is 45.1 Å². The molecule has 0 bridgehead atoms. The van der Waals surface area contributed by atoms with Crippen LogP contribution in [0.2, 0.25) is 0 Å². The van der Waals surface area contributed by atoms with Crippen molar-refractivity contribution in [1.82, 2.24) is 10.6 Å². The van der Waals surface area contributed by atoms with Gasteiger partial charge in [-0.2, -0.15) is 0 Å². The van der Waals surface area contributed by atoms with Crippen molar-refractivity contribution in [3.63, 3.8) is 0 Å². The van der Waals surface area contributed by atoms with Crippen LogP contribution in [0.5, 0.6) is 0 Å². The van der Waals surface area contributed by atoms with Crippen molar-refractivity contribution >= 4 is 11.8 Å². The molecule has 2 rings (SSSR count). The van der Waals surface area contributed by atoms with Crippen molar-refractivity contribution in [2.75, 3.05) is 6.54 Å². The number of hydrogen-bond donors (Lipinski definition) is 3. The number of amides is 2. The van der Waals surface area contributed by atoms with Gasteiger partial charge < -0.3 is 15.7 Å². The number of carbonyl (C=O) groups is 2. The van der Waals surface area contributed by atoms with Gasteiger partial charge in [-0.05, 0) is 31.2 Å². The highest BCUT2D eigenvalue weighted by atomic mass is 16.3. The number of aliphatic hydroxyl groups is 1. The van der Waals surface area contributed by atoms with Crippen LogP contribution in [-0.4, -0.2) is 35.6 Å². The van der Waals surface area contributed by atoms with Gasteiger partial charge >= 0.3 is 0 Å². The molecular formula is C19H28N2O3. The molecule has 5 heteroatoms. The Morgan fingerprint density at radius 1 is 1.17 bits per heavy atom. The van der Waals surface area contributed by atoms with Crippen molar-refractivity contribution in [3.05, 3.63) is 35.9 Å². The van der Waals surface area contributed by atoms with Crippen molar-refractivity contribution < 1.29 is 14.7 Å². The van der Waals surface area contributed by atoms with Crippen molar-refractivity contribution in [2.45, 2.75) is 51.7 Å². The van der Waals surface area contributed by atoms with Crippen LogP contribution in [0.4, 0.5) is 0 Å². The van der Waals surface area contributed by atoms with Crippen LogP contribution in [0.3, 0.4) is 0 Å². The quantitative estimate of drug-likeness (QED) is 0.679. The third kappa shape index (κ3) is 5.06. The molecule has 3 unspecified atom stereocenters. The summed E-state index contributed by atoms with van der Waals surface area (Å²) in [6, 6.07) is 9.15. The lowest BCUT2D eigenvalue weighted by Gasteiger charge is -2.25. The first kappa shape index (κ1) is 18.5. The van der Waals surface area contributed by atoms with E-state index in [1.807, 2.05) is 18.2 Å². The van der Waals surface area contributed by atoms with E-state index in [0.717, 1.165) is 12.8 Å². The number of carbonyl (C=O) groups excluding carboxylic acids is 2. The van der Waals surface area contributed by atoms with E-state index in [9.17, 15) is 14.7 Å². The molecule has 1 aromatic rings. The fourth-order valence-corrected chi connectivity index (χ4v) is 2.78. The van der Waals surface area contributed by atoms with Crippen molar-refractivity contribution in [1.29, 1.82) is 0 Å². The van der Waals surface area contributed by atoms with E-state index in [1.165, 1.54) is 12.5 Å². The zero-order chi connectivity index (χ0) is 17.7. The first-order valence-corrected chi connectivity index (χ1v) is 8.71. The molecule has 2 amide bonds. The Labute approximate surface area is 143 Å². The van der Waals surface area contributed by atoms with Gasteiger partial charge in [0, 0.05) is 18.4 Å². The van der Waals surface area contributed by atoms with Gasteiger partial charge in [0.15, 0.2) is 0 Å².